The van der Waals surface area contributed by atoms with Gasteiger partial charge in [0.05, 0.1) is 5.60 Å². The van der Waals surface area contributed by atoms with Gasteiger partial charge in [-0.1, -0.05) is 28.1 Å². The quantitative estimate of drug-likeness (QED) is 0.823. The number of hydrogen-bond acceptors (Lipinski definition) is 3. The zero-order valence-electron chi connectivity index (χ0n) is 13.4. The first-order valence-corrected chi connectivity index (χ1v) is 7.79. The molecule has 4 nitrogen and oxygen atoms in total. The maximum atomic E-state index is 12.4. The highest BCUT2D eigenvalue weighted by atomic mass is 79.9. The molecule has 2 unspecified atom stereocenters. The van der Waals surface area contributed by atoms with Crippen molar-refractivity contribution >= 4 is 21.8 Å². The zero-order valence-corrected chi connectivity index (χ0v) is 15.0. The number of hydrogen-bond donors (Lipinski definition) is 2. The van der Waals surface area contributed by atoms with E-state index >= 15 is 0 Å². The Hall–Kier alpha value is -0.910. The molecule has 118 valence electrons. The number of methoxy groups -OCH3 is 1. The molecule has 1 amide bonds. The second kappa shape index (κ2) is 6.90. The number of nitrogens with two attached hydrogens (primary N) is 1. The Morgan fingerprint density at radius 3 is 2.33 bits per heavy atom. The van der Waals surface area contributed by atoms with Crippen LogP contribution in [0.4, 0.5) is 0 Å². The smallest absolute Gasteiger partial charge is 0.244 e. The number of ether oxygens (including phenoxy) is 1. The Bertz CT molecular complexity index is 484. The fourth-order valence-electron chi connectivity index (χ4n) is 2.17. The molecule has 0 aliphatic rings. The maximum Gasteiger partial charge on any atom is 0.244 e. The molecule has 1 aromatic carbocycles. The van der Waals surface area contributed by atoms with Crippen molar-refractivity contribution < 1.29 is 9.53 Å². The summed E-state index contributed by atoms with van der Waals surface area (Å²) in [5.74, 6) is -0.191. The van der Waals surface area contributed by atoms with Crippen LogP contribution in [0.1, 0.15) is 39.7 Å². The number of rotatable bonds is 6. The molecule has 0 heterocycles. The van der Waals surface area contributed by atoms with Gasteiger partial charge in [-0.25, -0.2) is 0 Å². The molecule has 0 spiro atoms. The molecule has 0 bridgehead atoms. The fourth-order valence-corrected chi connectivity index (χ4v) is 2.44. The van der Waals surface area contributed by atoms with Gasteiger partial charge in [0.25, 0.3) is 0 Å². The molecule has 0 aliphatic carbocycles. The molecule has 21 heavy (non-hydrogen) atoms. The largest absolute Gasteiger partial charge is 0.379 e. The van der Waals surface area contributed by atoms with Crippen LogP contribution in [-0.2, 0) is 15.1 Å². The van der Waals surface area contributed by atoms with Gasteiger partial charge in [-0.3, -0.25) is 4.79 Å². The van der Waals surface area contributed by atoms with E-state index < -0.39 is 5.54 Å². The van der Waals surface area contributed by atoms with Crippen molar-refractivity contribution in [2.75, 3.05) is 7.11 Å². The second-order valence-corrected chi connectivity index (χ2v) is 7.17. The van der Waals surface area contributed by atoms with Gasteiger partial charge in [0.15, 0.2) is 0 Å². The molecule has 2 atom stereocenters. The molecule has 0 aromatic heterocycles. The number of benzene rings is 1. The molecule has 1 rings (SSSR count). The topological polar surface area (TPSA) is 64.3 Å². The molecule has 3 N–H and O–H groups in total. The highest BCUT2D eigenvalue weighted by Crippen LogP contribution is 2.22. The number of carbonyl (C=O) groups excluding carboxylic acids is 1. The van der Waals surface area contributed by atoms with Gasteiger partial charge in [0.1, 0.15) is 5.54 Å². The average Bonchev–Trinajstić information content (AvgIpc) is 2.38. The fraction of sp³-hybridized carbons (Fsp3) is 0.562. The van der Waals surface area contributed by atoms with Crippen LogP contribution >= 0.6 is 15.9 Å². The normalized spacial score (nSPS) is 16.1. The summed E-state index contributed by atoms with van der Waals surface area (Å²) in [7, 11) is 1.67. The van der Waals surface area contributed by atoms with Gasteiger partial charge in [-0.2, -0.15) is 0 Å². The number of halogens is 1. The summed E-state index contributed by atoms with van der Waals surface area (Å²) in [6.07, 6.45) is 0.714. The minimum atomic E-state index is -1.06. The van der Waals surface area contributed by atoms with Gasteiger partial charge in [0, 0.05) is 17.6 Å². The Morgan fingerprint density at radius 2 is 1.86 bits per heavy atom. The van der Waals surface area contributed by atoms with Crippen molar-refractivity contribution in [1.29, 1.82) is 0 Å². The maximum absolute atomic E-state index is 12.4. The molecule has 0 fully saturated rings. The van der Waals surface area contributed by atoms with E-state index in [-0.39, 0.29) is 17.6 Å². The first-order valence-electron chi connectivity index (χ1n) is 6.99. The van der Waals surface area contributed by atoms with Crippen LogP contribution in [0.5, 0.6) is 0 Å². The standard InChI is InChI=1S/C16H25BrN2O2/c1-11(10-15(2,3)21-5)19-14(20)16(4,18)12-6-8-13(17)9-7-12/h6-9,11H,10,18H2,1-5H3,(H,19,20). The summed E-state index contributed by atoms with van der Waals surface area (Å²) in [5, 5.41) is 2.97. The Morgan fingerprint density at radius 1 is 1.33 bits per heavy atom. The lowest BCUT2D eigenvalue weighted by molar-refractivity contribution is -0.127. The van der Waals surface area contributed by atoms with E-state index in [0.717, 1.165) is 10.0 Å². The molecular formula is C16H25BrN2O2. The van der Waals surface area contributed by atoms with Crippen LogP contribution in [0.15, 0.2) is 28.7 Å². The van der Waals surface area contributed by atoms with Gasteiger partial charge < -0.3 is 15.8 Å². The van der Waals surface area contributed by atoms with Crippen molar-refractivity contribution in [3.05, 3.63) is 34.3 Å². The summed E-state index contributed by atoms with van der Waals surface area (Å²) >= 11 is 3.38. The lowest BCUT2D eigenvalue weighted by Gasteiger charge is -2.30. The minimum absolute atomic E-state index is 0.0224. The Kier molecular flexibility index (Phi) is 5.96. The van der Waals surface area contributed by atoms with Crippen molar-refractivity contribution in [2.45, 2.75) is 51.3 Å². The summed E-state index contributed by atoms with van der Waals surface area (Å²) in [5.41, 5.74) is 5.65. The number of carbonyl (C=O) groups is 1. The van der Waals surface area contributed by atoms with Crippen molar-refractivity contribution in [2.24, 2.45) is 5.73 Å². The van der Waals surface area contributed by atoms with Crippen molar-refractivity contribution in [3.63, 3.8) is 0 Å². The van der Waals surface area contributed by atoms with Crippen LogP contribution in [0.2, 0.25) is 0 Å². The summed E-state index contributed by atoms with van der Waals surface area (Å²) < 4.78 is 6.34. The number of nitrogens with one attached hydrogen (secondary N) is 1. The van der Waals surface area contributed by atoms with Crippen LogP contribution in [0, 0.1) is 0 Å². The van der Waals surface area contributed by atoms with E-state index in [0.29, 0.717) is 6.42 Å². The first-order chi connectivity index (χ1) is 9.58. The predicted octanol–water partition coefficient (Wildman–Crippen LogP) is 2.94. The van der Waals surface area contributed by atoms with Gasteiger partial charge in [-0.05, 0) is 51.8 Å². The monoisotopic (exact) mass is 356 g/mol. The van der Waals surface area contributed by atoms with Gasteiger partial charge in [-0.15, -0.1) is 0 Å². The molecule has 0 aliphatic heterocycles. The second-order valence-electron chi connectivity index (χ2n) is 6.25. The zero-order chi connectivity index (χ0) is 16.3. The molecule has 0 saturated carbocycles. The average molecular weight is 357 g/mol. The van der Waals surface area contributed by atoms with Gasteiger partial charge in [0.2, 0.25) is 5.91 Å². The van der Waals surface area contributed by atoms with Crippen LogP contribution in [-0.4, -0.2) is 24.7 Å². The minimum Gasteiger partial charge on any atom is -0.379 e. The SMILES string of the molecule is COC(C)(C)CC(C)NC(=O)C(C)(N)c1ccc(Br)cc1. The van der Waals surface area contributed by atoms with Crippen molar-refractivity contribution in [3.8, 4) is 0 Å². The van der Waals surface area contributed by atoms with Crippen LogP contribution in [0.25, 0.3) is 0 Å². The van der Waals surface area contributed by atoms with E-state index in [1.165, 1.54) is 0 Å². The highest BCUT2D eigenvalue weighted by Gasteiger charge is 2.32. The van der Waals surface area contributed by atoms with Crippen LogP contribution in [0.3, 0.4) is 0 Å². The van der Waals surface area contributed by atoms with E-state index in [1.54, 1.807) is 14.0 Å². The molecule has 1 aromatic rings. The predicted molar refractivity (Wildman–Crippen MR) is 89.0 cm³/mol. The van der Waals surface area contributed by atoms with Crippen molar-refractivity contribution in [1.82, 2.24) is 5.32 Å². The third-order valence-corrected chi connectivity index (χ3v) is 4.17. The lowest BCUT2D eigenvalue weighted by Crippen LogP contribution is -2.52. The molecule has 5 heteroatoms. The number of amides is 1. The van der Waals surface area contributed by atoms with E-state index in [4.69, 9.17) is 10.5 Å². The van der Waals surface area contributed by atoms with E-state index in [2.05, 4.69) is 21.2 Å². The Balaban J connectivity index is 2.75. The van der Waals surface area contributed by atoms with E-state index in [9.17, 15) is 4.79 Å². The first kappa shape index (κ1) is 18.1. The third-order valence-electron chi connectivity index (χ3n) is 3.64. The van der Waals surface area contributed by atoms with Gasteiger partial charge >= 0.3 is 0 Å². The molecule has 0 radical (unpaired) electrons. The Labute approximate surface area is 135 Å². The highest BCUT2D eigenvalue weighted by molar-refractivity contribution is 9.10. The molecule has 0 saturated heterocycles. The third kappa shape index (κ3) is 5.09. The summed E-state index contributed by atoms with van der Waals surface area (Å²) in [4.78, 5) is 12.4. The van der Waals surface area contributed by atoms with Crippen LogP contribution < -0.4 is 11.1 Å². The summed E-state index contributed by atoms with van der Waals surface area (Å²) in [6, 6.07) is 7.45. The molecular weight excluding hydrogens is 332 g/mol. The van der Waals surface area contributed by atoms with E-state index in [1.807, 2.05) is 45.0 Å². The summed E-state index contributed by atoms with van der Waals surface area (Å²) in [6.45, 7) is 7.66. The lowest BCUT2D eigenvalue weighted by atomic mass is 9.91.